The van der Waals surface area contributed by atoms with Gasteiger partial charge in [-0.1, -0.05) is 29.7 Å². The highest BCUT2D eigenvalue weighted by Crippen LogP contribution is 2.29. The molecule has 0 spiro atoms. The van der Waals surface area contributed by atoms with Crippen LogP contribution in [0.5, 0.6) is 5.75 Å². The van der Waals surface area contributed by atoms with Crippen molar-refractivity contribution in [1.29, 1.82) is 0 Å². The molecule has 0 bridgehead atoms. The van der Waals surface area contributed by atoms with Gasteiger partial charge in [0.1, 0.15) is 18.2 Å². The van der Waals surface area contributed by atoms with E-state index in [0.717, 1.165) is 0 Å². The van der Waals surface area contributed by atoms with Gasteiger partial charge in [0.05, 0.1) is 15.9 Å². The maximum absolute atomic E-state index is 12.1. The Morgan fingerprint density at radius 1 is 1.27 bits per heavy atom. The number of nitrogens with zero attached hydrogens (tertiary/aromatic N) is 1. The van der Waals surface area contributed by atoms with E-state index >= 15 is 0 Å². The summed E-state index contributed by atoms with van der Waals surface area (Å²) < 4.78 is 5.31. The SMILES string of the molecule is C#CCOc1ccc(-c2nc3ccccc3c(=O)[nH]2)cc1Cl. The number of aromatic amines is 1. The van der Waals surface area contributed by atoms with Crippen LogP contribution in [0.25, 0.3) is 22.3 Å². The monoisotopic (exact) mass is 310 g/mol. The molecule has 3 aromatic rings. The van der Waals surface area contributed by atoms with E-state index in [1.807, 2.05) is 6.07 Å². The minimum absolute atomic E-state index is 0.143. The van der Waals surface area contributed by atoms with Crippen molar-refractivity contribution >= 4 is 22.5 Å². The van der Waals surface area contributed by atoms with Crippen molar-refractivity contribution in [3.05, 3.63) is 57.8 Å². The molecule has 1 N–H and O–H groups in total. The summed E-state index contributed by atoms with van der Waals surface area (Å²) in [6, 6.07) is 12.3. The number of halogens is 1. The van der Waals surface area contributed by atoms with Crippen molar-refractivity contribution < 1.29 is 4.74 Å². The summed E-state index contributed by atoms with van der Waals surface area (Å²) in [4.78, 5) is 19.3. The smallest absolute Gasteiger partial charge is 0.259 e. The van der Waals surface area contributed by atoms with Gasteiger partial charge in [-0.2, -0.15) is 0 Å². The second-order valence-electron chi connectivity index (χ2n) is 4.57. The Labute approximate surface area is 131 Å². The Hall–Kier alpha value is -2.77. The normalized spacial score (nSPS) is 10.4. The van der Waals surface area contributed by atoms with Crippen molar-refractivity contribution in [2.24, 2.45) is 0 Å². The predicted octanol–water partition coefficient (Wildman–Crippen LogP) is 3.26. The Bertz CT molecular complexity index is 941. The van der Waals surface area contributed by atoms with Gasteiger partial charge in [-0.25, -0.2) is 4.98 Å². The van der Waals surface area contributed by atoms with E-state index in [2.05, 4.69) is 15.9 Å². The molecule has 1 aromatic heterocycles. The van der Waals surface area contributed by atoms with Gasteiger partial charge in [0, 0.05) is 5.56 Å². The number of hydrogen-bond acceptors (Lipinski definition) is 3. The number of aromatic nitrogens is 2. The summed E-state index contributed by atoms with van der Waals surface area (Å²) in [7, 11) is 0. The highest BCUT2D eigenvalue weighted by molar-refractivity contribution is 6.32. The zero-order valence-electron chi connectivity index (χ0n) is 11.5. The number of hydrogen-bond donors (Lipinski definition) is 1. The van der Waals surface area contributed by atoms with Crippen LogP contribution < -0.4 is 10.3 Å². The molecule has 0 fully saturated rings. The highest BCUT2D eigenvalue weighted by atomic mass is 35.5. The number of ether oxygens (including phenoxy) is 1. The van der Waals surface area contributed by atoms with E-state index < -0.39 is 0 Å². The molecule has 0 amide bonds. The van der Waals surface area contributed by atoms with E-state index in [4.69, 9.17) is 22.8 Å². The molecule has 0 aliphatic rings. The number of fused-ring (bicyclic) bond motifs is 1. The minimum atomic E-state index is -0.190. The summed E-state index contributed by atoms with van der Waals surface area (Å²) in [5.74, 6) is 3.32. The highest BCUT2D eigenvalue weighted by Gasteiger charge is 2.08. The molecule has 0 radical (unpaired) electrons. The lowest BCUT2D eigenvalue weighted by molar-refractivity contribution is 0.370. The number of rotatable bonds is 3. The van der Waals surface area contributed by atoms with Gasteiger partial charge in [0.2, 0.25) is 0 Å². The van der Waals surface area contributed by atoms with Crippen LogP contribution in [0.3, 0.4) is 0 Å². The molecular weight excluding hydrogens is 300 g/mol. The number of benzene rings is 2. The first-order chi connectivity index (χ1) is 10.7. The Morgan fingerprint density at radius 2 is 2.09 bits per heavy atom. The lowest BCUT2D eigenvalue weighted by atomic mass is 10.2. The third-order valence-electron chi connectivity index (χ3n) is 3.13. The molecule has 0 aliphatic heterocycles. The van der Waals surface area contributed by atoms with E-state index in [0.29, 0.717) is 33.1 Å². The second-order valence-corrected chi connectivity index (χ2v) is 4.98. The summed E-state index contributed by atoms with van der Waals surface area (Å²) in [5.41, 5.74) is 1.13. The van der Waals surface area contributed by atoms with Crippen LogP contribution in [-0.4, -0.2) is 16.6 Å². The largest absolute Gasteiger partial charge is 0.479 e. The van der Waals surface area contributed by atoms with Gasteiger partial charge >= 0.3 is 0 Å². The molecular formula is C17H11ClN2O2. The molecule has 0 unspecified atom stereocenters. The average Bonchev–Trinajstić information content (AvgIpc) is 2.53. The number of H-pyrrole nitrogens is 1. The third kappa shape index (κ3) is 2.67. The van der Waals surface area contributed by atoms with Crippen molar-refractivity contribution in [1.82, 2.24) is 9.97 Å². The summed E-state index contributed by atoms with van der Waals surface area (Å²) >= 11 is 6.16. The quantitative estimate of drug-likeness (QED) is 0.755. The van der Waals surface area contributed by atoms with Gasteiger partial charge < -0.3 is 9.72 Å². The second kappa shape index (κ2) is 5.92. The fraction of sp³-hybridized carbons (Fsp3) is 0.0588. The first kappa shape index (κ1) is 14.2. The molecule has 5 heteroatoms. The zero-order chi connectivity index (χ0) is 15.5. The third-order valence-corrected chi connectivity index (χ3v) is 3.42. The van der Waals surface area contributed by atoms with Crippen molar-refractivity contribution in [3.8, 4) is 29.5 Å². The molecule has 4 nitrogen and oxygen atoms in total. The number of nitrogens with one attached hydrogen (secondary N) is 1. The molecule has 0 atom stereocenters. The van der Waals surface area contributed by atoms with E-state index in [9.17, 15) is 4.79 Å². The van der Waals surface area contributed by atoms with Crippen molar-refractivity contribution in [2.45, 2.75) is 0 Å². The molecule has 22 heavy (non-hydrogen) atoms. The van der Waals surface area contributed by atoms with Crippen molar-refractivity contribution in [3.63, 3.8) is 0 Å². The summed E-state index contributed by atoms with van der Waals surface area (Å²) in [5, 5.41) is 0.954. The van der Waals surface area contributed by atoms with Gasteiger partial charge in [-0.3, -0.25) is 4.79 Å². The maximum Gasteiger partial charge on any atom is 0.259 e. The average molecular weight is 311 g/mol. The summed E-state index contributed by atoms with van der Waals surface area (Å²) in [6.07, 6.45) is 5.15. The van der Waals surface area contributed by atoms with E-state index in [-0.39, 0.29) is 12.2 Å². The Kier molecular flexibility index (Phi) is 3.82. The van der Waals surface area contributed by atoms with Gasteiger partial charge in [-0.05, 0) is 30.3 Å². The molecule has 1 heterocycles. The van der Waals surface area contributed by atoms with Crippen LogP contribution in [0.4, 0.5) is 0 Å². The molecule has 2 aromatic carbocycles. The van der Waals surface area contributed by atoms with Gasteiger partial charge in [-0.15, -0.1) is 6.42 Å². The van der Waals surface area contributed by atoms with Gasteiger partial charge in [0.25, 0.3) is 5.56 Å². The number of para-hydroxylation sites is 1. The molecule has 0 saturated carbocycles. The topological polar surface area (TPSA) is 55.0 Å². The molecule has 108 valence electrons. The molecule has 0 aliphatic carbocycles. The van der Waals surface area contributed by atoms with Crippen LogP contribution in [0, 0.1) is 12.3 Å². The van der Waals surface area contributed by atoms with Crippen LogP contribution in [0.1, 0.15) is 0 Å². The van der Waals surface area contributed by atoms with E-state index in [1.54, 1.807) is 36.4 Å². The van der Waals surface area contributed by atoms with Crippen LogP contribution in [0.15, 0.2) is 47.3 Å². The summed E-state index contributed by atoms with van der Waals surface area (Å²) in [6.45, 7) is 0.143. The Morgan fingerprint density at radius 3 is 2.86 bits per heavy atom. The lowest BCUT2D eigenvalue weighted by Gasteiger charge is -2.07. The fourth-order valence-electron chi connectivity index (χ4n) is 2.11. The molecule has 3 rings (SSSR count). The first-order valence-electron chi connectivity index (χ1n) is 6.54. The first-order valence-corrected chi connectivity index (χ1v) is 6.92. The zero-order valence-corrected chi connectivity index (χ0v) is 12.2. The van der Waals surface area contributed by atoms with Crippen LogP contribution >= 0.6 is 11.6 Å². The van der Waals surface area contributed by atoms with E-state index in [1.165, 1.54) is 0 Å². The predicted molar refractivity (Wildman–Crippen MR) is 87.1 cm³/mol. The van der Waals surface area contributed by atoms with Crippen LogP contribution in [0.2, 0.25) is 5.02 Å². The maximum atomic E-state index is 12.1. The lowest BCUT2D eigenvalue weighted by Crippen LogP contribution is -2.09. The van der Waals surface area contributed by atoms with Gasteiger partial charge in [0.15, 0.2) is 0 Å². The Balaban J connectivity index is 2.06. The standard InChI is InChI=1S/C17H11ClN2O2/c1-2-9-22-15-8-7-11(10-13(15)18)16-19-14-6-4-3-5-12(14)17(21)20-16/h1,3-8,10H,9H2,(H,19,20,21). The fourth-order valence-corrected chi connectivity index (χ4v) is 2.34. The number of terminal acetylenes is 1. The van der Waals surface area contributed by atoms with Crippen LogP contribution in [-0.2, 0) is 0 Å². The van der Waals surface area contributed by atoms with Crippen molar-refractivity contribution in [2.75, 3.05) is 6.61 Å². The molecule has 0 saturated heterocycles. The minimum Gasteiger partial charge on any atom is -0.479 e.